The number of ether oxygens (including phenoxy) is 1. The van der Waals surface area contributed by atoms with Gasteiger partial charge in [-0.2, -0.15) is 4.98 Å². The Bertz CT molecular complexity index is 1200. The van der Waals surface area contributed by atoms with E-state index < -0.39 is 11.2 Å². The van der Waals surface area contributed by atoms with Gasteiger partial charge in [0.15, 0.2) is 11.2 Å². The van der Waals surface area contributed by atoms with Crippen molar-refractivity contribution >= 4 is 11.2 Å². The van der Waals surface area contributed by atoms with Crippen LogP contribution in [0.4, 0.5) is 0 Å². The zero-order valence-electron chi connectivity index (χ0n) is 14.3. The summed E-state index contributed by atoms with van der Waals surface area (Å²) in [6, 6.07) is 17.7. The van der Waals surface area contributed by atoms with Crippen LogP contribution in [0.1, 0.15) is 0 Å². The molecule has 2 heterocycles. The van der Waals surface area contributed by atoms with E-state index in [0.29, 0.717) is 5.75 Å². The molecule has 2 aromatic carbocycles. The fourth-order valence-corrected chi connectivity index (χ4v) is 2.81. The van der Waals surface area contributed by atoms with Crippen LogP contribution < -0.4 is 16.0 Å². The standard InChI is InChI=1S/C19H16N4O3/c1-22-16-15(17(24)23(2)19(22)25)20-18(21-16)26-14-10-8-13(9-11-14)12-6-4-3-5-7-12/h3-11H,1-2H3,(H,20,21). The van der Waals surface area contributed by atoms with Gasteiger partial charge in [0.1, 0.15) is 5.75 Å². The van der Waals surface area contributed by atoms with Gasteiger partial charge >= 0.3 is 11.7 Å². The Labute approximate surface area is 148 Å². The van der Waals surface area contributed by atoms with Crippen molar-refractivity contribution in [2.24, 2.45) is 14.1 Å². The quantitative estimate of drug-likeness (QED) is 0.616. The highest BCUT2D eigenvalue weighted by molar-refractivity contribution is 5.70. The van der Waals surface area contributed by atoms with E-state index in [4.69, 9.17) is 4.74 Å². The first-order valence-corrected chi connectivity index (χ1v) is 8.03. The van der Waals surface area contributed by atoms with Gasteiger partial charge in [-0.3, -0.25) is 13.9 Å². The smallest absolute Gasteiger partial charge is 0.332 e. The first-order chi connectivity index (χ1) is 12.5. The number of aromatic amines is 1. The number of nitrogens with zero attached hydrogens (tertiary/aromatic N) is 3. The summed E-state index contributed by atoms with van der Waals surface area (Å²) in [5.41, 5.74) is 1.79. The second kappa shape index (κ2) is 6.03. The highest BCUT2D eigenvalue weighted by Crippen LogP contribution is 2.25. The van der Waals surface area contributed by atoms with Gasteiger partial charge in [0, 0.05) is 14.1 Å². The molecular weight excluding hydrogens is 332 g/mol. The molecule has 7 heteroatoms. The number of imidazole rings is 1. The van der Waals surface area contributed by atoms with Crippen LogP contribution in [-0.2, 0) is 14.1 Å². The summed E-state index contributed by atoms with van der Waals surface area (Å²) in [7, 11) is 2.98. The highest BCUT2D eigenvalue weighted by Gasteiger charge is 2.14. The summed E-state index contributed by atoms with van der Waals surface area (Å²) in [5, 5.41) is 0. The maximum absolute atomic E-state index is 12.2. The van der Waals surface area contributed by atoms with Crippen LogP contribution in [0.5, 0.6) is 11.8 Å². The van der Waals surface area contributed by atoms with E-state index in [1.807, 2.05) is 54.6 Å². The van der Waals surface area contributed by atoms with E-state index in [1.54, 1.807) is 7.05 Å². The average Bonchev–Trinajstić information content (AvgIpc) is 3.10. The van der Waals surface area contributed by atoms with Gasteiger partial charge in [-0.1, -0.05) is 42.5 Å². The number of fused-ring (bicyclic) bond motifs is 1. The van der Waals surface area contributed by atoms with E-state index in [9.17, 15) is 9.59 Å². The molecule has 1 N–H and O–H groups in total. The molecule has 0 atom stereocenters. The summed E-state index contributed by atoms with van der Waals surface area (Å²) < 4.78 is 8.04. The topological polar surface area (TPSA) is 81.9 Å². The number of nitrogens with one attached hydrogen (secondary N) is 1. The van der Waals surface area contributed by atoms with Crippen molar-refractivity contribution in [2.45, 2.75) is 0 Å². The number of hydrogen-bond acceptors (Lipinski definition) is 4. The van der Waals surface area contributed by atoms with E-state index in [2.05, 4.69) is 9.97 Å². The Balaban J connectivity index is 1.68. The lowest BCUT2D eigenvalue weighted by molar-refractivity contribution is 0.449. The molecule has 0 aliphatic rings. The fourth-order valence-electron chi connectivity index (χ4n) is 2.81. The lowest BCUT2D eigenvalue weighted by atomic mass is 10.1. The van der Waals surface area contributed by atoms with E-state index in [1.165, 1.54) is 11.6 Å². The molecule has 2 aromatic heterocycles. The first kappa shape index (κ1) is 15.9. The lowest BCUT2D eigenvalue weighted by Crippen LogP contribution is -2.36. The Morgan fingerprint density at radius 2 is 1.54 bits per heavy atom. The molecule has 0 unspecified atom stereocenters. The Morgan fingerprint density at radius 3 is 2.23 bits per heavy atom. The number of aryl methyl sites for hydroxylation is 1. The zero-order chi connectivity index (χ0) is 18.3. The van der Waals surface area contributed by atoms with Crippen LogP contribution >= 0.6 is 0 Å². The summed E-state index contributed by atoms with van der Waals surface area (Å²) in [6.07, 6.45) is 0. The van der Waals surface area contributed by atoms with Crippen LogP contribution in [0, 0.1) is 0 Å². The van der Waals surface area contributed by atoms with Crippen molar-refractivity contribution in [3.63, 3.8) is 0 Å². The minimum Gasteiger partial charge on any atom is -0.426 e. The van der Waals surface area contributed by atoms with Gasteiger partial charge in [0.25, 0.3) is 5.56 Å². The summed E-state index contributed by atoms with van der Waals surface area (Å²) in [5.74, 6) is 0.575. The first-order valence-electron chi connectivity index (χ1n) is 8.03. The molecule has 0 amide bonds. The fraction of sp³-hybridized carbons (Fsp3) is 0.105. The van der Waals surface area contributed by atoms with E-state index >= 15 is 0 Å². The predicted molar refractivity (Wildman–Crippen MR) is 98.5 cm³/mol. The van der Waals surface area contributed by atoms with Crippen molar-refractivity contribution in [3.05, 3.63) is 75.4 Å². The van der Waals surface area contributed by atoms with Gasteiger partial charge in [-0.25, -0.2) is 4.79 Å². The molecule has 0 fully saturated rings. The third-order valence-corrected chi connectivity index (χ3v) is 4.25. The molecule has 0 aliphatic heterocycles. The minimum absolute atomic E-state index is 0.158. The van der Waals surface area contributed by atoms with Crippen molar-refractivity contribution in [3.8, 4) is 22.9 Å². The van der Waals surface area contributed by atoms with Gasteiger partial charge in [0.05, 0.1) is 0 Å². The monoisotopic (exact) mass is 348 g/mol. The predicted octanol–water partition coefficient (Wildman–Crippen LogP) is 2.42. The van der Waals surface area contributed by atoms with E-state index in [0.717, 1.165) is 15.7 Å². The highest BCUT2D eigenvalue weighted by atomic mass is 16.5. The van der Waals surface area contributed by atoms with Crippen molar-refractivity contribution in [2.75, 3.05) is 0 Å². The number of benzene rings is 2. The molecule has 130 valence electrons. The Kier molecular flexibility index (Phi) is 3.69. The normalized spacial score (nSPS) is 11.0. The van der Waals surface area contributed by atoms with Gasteiger partial charge < -0.3 is 9.72 Å². The maximum Gasteiger partial charge on any atom is 0.332 e. The van der Waals surface area contributed by atoms with E-state index in [-0.39, 0.29) is 17.2 Å². The Morgan fingerprint density at radius 1 is 0.885 bits per heavy atom. The van der Waals surface area contributed by atoms with Crippen LogP contribution in [0.3, 0.4) is 0 Å². The van der Waals surface area contributed by atoms with Gasteiger partial charge in [-0.15, -0.1) is 0 Å². The molecule has 0 radical (unpaired) electrons. The summed E-state index contributed by atoms with van der Waals surface area (Å²) in [4.78, 5) is 31.2. The zero-order valence-corrected chi connectivity index (χ0v) is 14.3. The third kappa shape index (κ3) is 2.59. The largest absolute Gasteiger partial charge is 0.426 e. The molecule has 0 saturated heterocycles. The number of hydrogen-bond donors (Lipinski definition) is 1. The Hall–Kier alpha value is -3.61. The number of aromatic nitrogens is 4. The lowest BCUT2D eigenvalue weighted by Gasteiger charge is -2.04. The van der Waals surface area contributed by atoms with Crippen LogP contribution in [0.2, 0.25) is 0 Å². The third-order valence-electron chi connectivity index (χ3n) is 4.25. The molecule has 7 nitrogen and oxygen atoms in total. The number of H-pyrrole nitrogens is 1. The molecule has 0 saturated carbocycles. The maximum atomic E-state index is 12.2. The minimum atomic E-state index is -0.440. The van der Waals surface area contributed by atoms with Gasteiger partial charge in [-0.05, 0) is 23.3 Å². The van der Waals surface area contributed by atoms with Crippen molar-refractivity contribution < 1.29 is 4.74 Å². The summed E-state index contributed by atoms with van der Waals surface area (Å²) in [6.45, 7) is 0. The van der Waals surface area contributed by atoms with Gasteiger partial charge in [0.2, 0.25) is 0 Å². The molecular formula is C19H16N4O3. The summed E-state index contributed by atoms with van der Waals surface area (Å²) >= 11 is 0. The molecule has 4 rings (SSSR count). The average molecular weight is 348 g/mol. The SMILES string of the molecule is Cn1c(=O)c2[nH]c(Oc3ccc(-c4ccccc4)cc3)nc2n(C)c1=O. The number of rotatable bonds is 3. The van der Waals surface area contributed by atoms with Crippen molar-refractivity contribution in [1.29, 1.82) is 0 Å². The second-order valence-corrected chi connectivity index (χ2v) is 5.94. The van der Waals surface area contributed by atoms with Crippen LogP contribution in [0.25, 0.3) is 22.3 Å². The second-order valence-electron chi connectivity index (χ2n) is 5.94. The molecule has 0 aliphatic carbocycles. The van der Waals surface area contributed by atoms with Crippen molar-refractivity contribution in [1.82, 2.24) is 19.1 Å². The molecule has 4 aromatic rings. The van der Waals surface area contributed by atoms with Crippen LogP contribution in [-0.4, -0.2) is 19.1 Å². The molecule has 26 heavy (non-hydrogen) atoms. The molecule has 0 spiro atoms. The van der Waals surface area contributed by atoms with Crippen LogP contribution in [0.15, 0.2) is 64.2 Å². The molecule has 0 bridgehead atoms.